The van der Waals surface area contributed by atoms with Crippen LogP contribution in [0.3, 0.4) is 0 Å². The fourth-order valence-corrected chi connectivity index (χ4v) is 2.43. The maximum Gasteiger partial charge on any atom is 0.0911 e. The van der Waals surface area contributed by atoms with Crippen molar-refractivity contribution in [2.24, 2.45) is 0 Å². The Morgan fingerprint density at radius 1 is 0.667 bits per heavy atom. The van der Waals surface area contributed by atoms with Crippen LogP contribution in [-0.2, 0) is 0 Å². The Morgan fingerprint density at radius 3 is 1.52 bits per heavy atom. The van der Waals surface area contributed by atoms with Gasteiger partial charge in [0.1, 0.15) is 0 Å². The van der Waals surface area contributed by atoms with Gasteiger partial charge in [0.15, 0.2) is 0 Å². The first-order valence-electron chi connectivity index (χ1n) is 7.11. The van der Waals surface area contributed by atoms with E-state index in [2.05, 4.69) is 26.0 Å². The van der Waals surface area contributed by atoms with Crippen molar-refractivity contribution >= 4 is 0 Å². The van der Waals surface area contributed by atoms with Gasteiger partial charge in [0.25, 0.3) is 0 Å². The smallest absolute Gasteiger partial charge is 0.0911 e. The van der Waals surface area contributed by atoms with E-state index >= 15 is 0 Å². The molecule has 0 unspecified atom stereocenters. The van der Waals surface area contributed by atoms with Crippen molar-refractivity contribution < 1.29 is 0 Å². The molecule has 0 aliphatic heterocycles. The number of benzene rings is 2. The molecular weight excluding hydrogens is 256 g/mol. The first kappa shape index (κ1) is 14.8. The molecule has 0 aromatic heterocycles. The minimum absolute atomic E-state index is 0.443. The largest absolute Gasteiger partial charge is 0.198 e. The van der Waals surface area contributed by atoms with Gasteiger partial charge in [0.2, 0.25) is 0 Å². The molecule has 2 heteroatoms. The van der Waals surface area contributed by atoms with Crippen molar-refractivity contribution in [2.75, 3.05) is 0 Å². The van der Waals surface area contributed by atoms with E-state index in [1.165, 1.54) is 5.56 Å². The average molecular weight is 274 g/mol. The van der Waals surface area contributed by atoms with Crippen LogP contribution in [0.25, 0.3) is 0 Å². The molecule has 0 heterocycles. The molecule has 104 valence electrons. The SMILES string of the molecule is CC(C)c1ccc([C@H](C#N)[C@@H](C#N)c2ccccc2)cc1. The van der Waals surface area contributed by atoms with Crippen LogP contribution in [-0.4, -0.2) is 0 Å². The van der Waals surface area contributed by atoms with Gasteiger partial charge in [-0.15, -0.1) is 0 Å². The lowest BCUT2D eigenvalue weighted by Gasteiger charge is -2.17. The quantitative estimate of drug-likeness (QED) is 0.809. The fraction of sp³-hybridized carbons (Fsp3) is 0.263. The Bertz CT molecular complexity index is 657. The van der Waals surface area contributed by atoms with Crippen LogP contribution < -0.4 is 0 Å². The summed E-state index contributed by atoms with van der Waals surface area (Å²) in [5.74, 6) is -0.430. The Balaban J connectivity index is 2.35. The Hall–Kier alpha value is -2.58. The molecule has 0 saturated heterocycles. The minimum Gasteiger partial charge on any atom is -0.198 e. The third-order valence-corrected chi connectivity index (χ3v) is 3.73. The monoisotopic (exact) mass is 274 g/mol. The second-order valence-electron chi connectivity index (χ2n) is 5.45. The molecule has 0 saturated carbocycles. The molecule has 0 aliphatic rings. The van der Waals surface area contributed by atoms with E-state index in [1.807, 2.05) is 54.6 Å². The topological polar surface area (TPSA) is 47.6 Å². The Morgan fingerprint density at radius 2 is 1.10 bits per heavy atom. The molecule has 2 atom stereocenters. The van der Waals surface area contributed by atoms with E-state index in [1.54, 1.807) is 0 Å². The van der Waals surface area contributed by atoms with E-state index in [9.17, 15) is 10.5 Å². The predicted octanol–water partition coefficient (Wildman–Crippen LogP) is 4.72. The molecule has 2 nitrogen and oxygen atoms in total. The predicted molar refractivity (Wildman–Crippen MR) is 83.7 cm³/mol. The highest BCUT2D eigenvalue weighted by Gasteiger charge is 2.24. The number of nitriles is 2. The number of hydrogen-bond donors (Lipinski definition) is 0. The summed E-state index contributed by atoms with van der Waals surface area (Å²) in [6.07, 6.45) is 0. The van der Waals surface area contributed by atoms with E-state index in [0.29, 0.717) is 5.92 Å². The van der Waals surface area contributed by atoms with Crippen molar-refractivity contribution in [1.29, 1.82) is 10.5 Å². The maximum atomic E-state index is 9.52. The number of hydrogen-bond acceptors (Lipinski definition) is 2. The van der Waals surface area contributed by atoms with Gasteiger partial charge in [0.05, 0.1) is 24.0 Å². The van der Waals surface area contributed by atoms with Gasteiger partial charge in [-0.25, -0.2) is 0 Å². The van der Waals surface area contributed by atoms with Crippen molar-refractivity contribution in [1.82, 2.24) is 0 Å². The van der Waals surface area contributed by atoms with Crippen LogP contribution in [0, 0.1) is 22.7 Å². The zero-order chi connectivity index (χ0) is 15.2. The Kier molecular flexibility index (Phi) is 4.75. The molecule has 2 rings (SSSR count). The summed E-state index contributed by atoms with van der Waals surface area (Å²) in [4.78, 5) is 0. The van der Waals surface area contributed by atoms with E-state index in [0.717, 1.165) is 11.1 Å². The van der Waals surface area contributed by atoms with Gasteiger partial charge in [-0.05, 0) is 22.6 Å². The molecule has 0 N–H and O–H groups in total. The summed E-state index contributed by atoms with van der Waals surface area (Å²) in [7, 11) is 0. The summed E-state index contributed by atoms with van der Waals surface area (Å²) in [5.41, 5.74) is 3.03. The molecule has 0 spiro atoms. The van der Waals surface area contributed by atoms with Crippen molar-refractivity contribution in [3.8, 4) is 12.1 Å². The molecule has 2 aromatic rings. The first-order chi connectivity index (χ1) is 10.2. The zero-order valence-electron chi connectivity index (χ0n) is 12.3. The molecule has 0 aliphatic carbocycles. The maximum absolute atomic E-state index is 9.52. The van der Waals surface area contributed by atoms with Crippen molar-refractivity contribution in [3.63, 3.8) is 0 Å². The van der Waals surface area contributed by atoms with Crippen LogP contribution in [0.1, 0.15) is 48.3 Å². The van der Waals surface area contributed by atoms with Crippen LogP contribution in [0.15, 0.2) is 54.6 Å². The van der Waals surface area contributed by atoms with Gasteiger partial charge in [-0.1, -0.05) is 68.4 Å². The zero-order valence-corrected chi connectivity index (χ0v) is 12.3. The van der Waals surface area contributed by atoms with E-state index < -0.39 is 11.8 Å². The first-order valence-corrected chi connectivity index (χ1v) is 7.11. The Labute approximate surface area is 126 Å². The van der Waals surface area contributed by atoms with E-state index in [4.69, 9.17) is 0 Å². The van der Waals surface area contributed by atoms with Crippen molar-refractivity contribution in [2.45, 2.75) is 31.6 Å². The lowest BCUT2D eigenvalue weighted by atomic mass is 9.83. The molecular formula is C19H18N2. The van der Waals surface area contributed by atoms with Crippen LogP contribution in [0.2, 0.25) is 0 Å². The average Bonchev–Trinajstić information content (AvgIpc) is 2.53. The molecule has 0 amide bonds. The third kappa shape index (κ3) is 3.30. The molecule has 0 bridgehead atoms. The number of rotatable bonds is 4. The second kappa shape index (κ2) is 6.73. The van der Waals surface area contributed by atoms with Gasteiger partial charge < -0.3 is 0 Å². The van der Waals surface area contributed by atoms with Crippen LogP contribution in [0.5, 0.6) is 0 Å². The van der Waals surface area contributed by atoms with Crippen LogP contribution >= 0.6 is 0 Å². The van der Waals surface area contributed by atoms with Gasteiger partial charge in [-0.2, -0.15) is 10.5 Å². The van der Waals surface area contributed by atoms with Gasteiger partial charge in [-0.3, -0.25) is 0 Å². The third-order valence-electron chi connectivity index (χ3n) is 3.73. The fourth-order valence-electron chi connectivity index (χ4n) is 2.43. The van der Waals surface area contributed by atoms with Crippen molar-refractivity contribution in [3.05, 3.63) is 71.3 Å². The second-order valence-corrected chi connectivity index (χ2v) is 5.45. The molecule has 2 aromatic carbocycles. The molecule has 0 fully saturated rings. The highest BCUT2D eigenvalue weighted by atomic mass is 14.4. The van der Waals surface area contributed by atoms with Gasteiger partial charge >= 0.3 is 0 Å². The van der Waals surface area contributed by atoms with Crippen LogP contribution in [0.4, 0.5) is 0 Å². The minimum atomic E-state index is -0.446. The standard InChI is InChI=1S/C19H18N2/c1-14(2)15-8-10-17(11-9-15)19(13-21)18(12-20)16-6-4-3-5-7-16/h3-11,14,18-19H,1-2H3/t18-,19-/m0/s1. The molecule has 21 heavy (non-hydrogen) atoms. The highest BCUT2D eigenvalue weighted by molar-refractivity contribution is 5.38. The summed E-state index contributed by atoms with van der Waals surface area (Å²) in [5, 5.41) is 19.0. The summed E-state index contributed by atoms with van der Waals surface area (Å²) >= 11 is 0. The number of nitrogens with zero attached hydrogens (tertiary/aromatic N) is 2. The normalized spacial score (nSPS) is 13.2. The van der Waals surface area contributed by atoms with Gasteiger partial charge in [0, 0.05) is 0 Å². The van der Waals surface area contributed by atoms with E-state index in [-0.39, 0.29) is 0 Å². The molecule has 0 radical (unpaired) electrons. The highest BCUT2D eigenvalue weighted by Crippen LogP contribution is 2.32. The summed E-state index contributed by atoms with van der Waals surface area (Å²) in [6, 6.07) is 22.1. The lowest BCUT2D eigenvalue weighted by Crippen LogP contribution is -2.08. The lowest BCUT2D eigenvalue weighted by molar-refractivity contribution is 0.759. The summed E-state index contributed by atoms with van der Waals surface area (Å²) in [6.45, 7) is 4.28. The summed E-state index contributed by atoms with van der Waals surface area (Å²) < 4.78 is 0.